The molecule has 5 nitrogen and oxygen atoms in total. The SMILES string of the molecule is CCC(=O)OCC(=O)Nc1c(C)cc(SC#N)cc1C. The average Bonchev–Trinajstić information content (AvgIpc) is 2.40. The monoisotopic (exact) mass is 292 g/mol. The molecule has 106 valence electrons. The van der Waals surface area contributed by atoms with Crippen LogP contribution in [0.4, 0.5) is 5.69 Å². The largest absolute Gasteiger partial charge is 0.456 e. The standard InChI is InChI=1S/C14H16N2O3S/c1-4-13(18)19-7-12(17)16-14-9(2)5-11(20-8-15)6-10(14)3/h5-6H,4,7H2,1-3H3,(H,16,17). The molecule has 0 aliphatic carbocycles. The van der Waals surface area contributed by atoms with E-state index < -0.39 is 5.97 Å². The molecule has 6 heteroatoms. The van der Waals surface area contributed by atoms with Crippen LogP contribution in [0.1, 0.15) is 24.5 Å². The fraction of sp³-hybridized carbons (Fsp3) is 0.357. The molecule has 0 saturated carbocycles. The highest BCUT2D eigenvalue weighted by Gasteiger charge is 2.11. The van der Waals surface area contributed by atoms with Crippen LogP contribution in [-0.4, -0.2) is 18.5 Å². The number of nitriles is 1. The number of carbonyl (C=O) groups is 2. The van der Waals surface area contributed by atoms with E-state index in [-0.39, 0.29) is 18.9 Å². The van der Waals surface area contributed by atoms with Gasteiger partial charge >= 0.3 is 5.97 Å². The van der Waals surface area contributed by atoms with E-state index in [1.165, 1.54) is 0 Å². The zero-order valence-corrected chi connectivity index (χ0v) is 12.5. The van der Waals surface area contributed by atoms with Crippen molar-refractivity contribution in [3.05, 3.63) is 23.3 Å². The van der Waals surface area contributed by atoms with Crippen molar-refractivity contribution in [3.8, 4) is 5.40 Å². The quantitative estimate of drug-likeness (QED) is 0.513. The average molecular weight is 292 g/mol. The predicted octanol–water partition coefficient (Wildman–Crippen LogP) is 2.77. The molecule has 1 aromatic carbocycles. The Labute approximate surface area is 122 Å². The molecule has 0 unspecified atom stereocenters. The van der Waals surface area contributed by atoms with E-state index in [2.05, 4.69) is 5.32 Å². The van der Waals surface area contributed by atoms with Crippen LogP contribution in [0.3, 0.4) is 0 Å². The van der Waals surface area contributed by atoms with Gasteiger partial charge in [-0.2, -0.15) is 5.26 Å². The molecule has 1 amide bonds. The Balaban J connectivity index is 2.75. The summed E-state index contributed by atoms with van der Waals surface area (Å²) in [6.45, 7) is 5.07. The molecule has 0 aliphatic rings. The molecule has 0 saturated heterocycles. The second kappa shape index (κ2) is 7.56. The maximum absolute atomic E-state index is 11.7. The van der Waals surface area contributed by atoms with Crippen LogP contribution >= 0.6 is 11.8 Å². The van der Waals surface area contributed by atoms with Gasteiger partial charge in [-0.15, -0.1) is 0 Å². The second-order valence-electron chi connectivity index (χ2n) is 4.19. The fourth-order valence-electron chi connectivity index (χ4n) is 1.66. The Morgan fingerprint density at radius 1 is 1.35 bits per heavy atom. The van der Waals surface area contributed by atoms with Crippen LogP contribution in [-0.2, 0) is 14.3 Å². The summed E-state index contributed by atoms with van der Waals surface area (Å²) in [5, 5.41) is 13.4. The van der Waals surface area contributed by atoms with E-state index >= 15 is 0 Å². The van der Waals surface area contributed by atoms with Crippen molar-refractivity contribution in [2.45, 2.75) is 32.1 Å². The van der Waals surface area contributed by atoms with Crippen molar-refractivity contribution in [2.75, 3.05) is 11.9 Å². The highest BCUT2D eigenvalue weighted by molar-refractivity contribution is 8.03. The Hall–Kier alpha value is -2.00. The van der Waals surface area contributed by atoms with Crippen LogP contribution in [0, 0.1) is 24.5 Å². The van der Waals surface area contributed by atoms with E-state index in [0.717, 1.165) is 27.8 Å². The van der Waals surface area contributed by atoms with Gasteiger partial charge in [-0.05, 0) is 48.9 Å². The topological polar surface area (TPSA) is 79.2 Å². The van der Waals surface area contributed by atoms with Crippen molar-refractivity contribution >= 4 is 29.3 Å². The van der Waals surface area contributed by atoms with Crippen LogP contribution in [0.15, 0.2) is 17.0 Å². The molecule has 0 aliphatic heterocycles. The van der Waals surface area contributed by atoms with Gasteiger partial charge in [-0.25, -0.2) is 0 Å². The van der Waals surface area contributed by atoms with Gasteiger partial charge in [0, 0.05) is 17.0 Å². The number of nitrogens with one attached hydrogen (secondary N) is 1. The number of esters is 1. The molecule has 0 fully saturated rings. The highest BCUT2D eigenvalue weighted by Crippen LogP contribution is 2.27. The molecule has 0 bridgehead atoms. The molecule has 1 aromatic rings. The molecule has 0 atom stereocenters. The molecular formula is C14H16N2O3S. The maximum Gasteiger partial charge on any atom is 0.306 e. The van der Waals surface area contributed by atoms with Gasteiger partial charge in [0.15, 0.2) is 6.61 Å². The van der Waals surface area contributed by atoms with Gasteiger partial charge in [0.1, 0.15) is 5.40 Å². The highest BCUT2D eigenvalue weighted by atomic mass is 32.2. The lowest BCUT2D eigenvalue weighted by molar-refractivity contribution is -0.146. The number of anilines is 1. The third kappa shape index (κ3) is 4.59. The van der Waals surface area contributed by atoms with E-state index in [0.29, 0.717) is 5.69 Å². The molecule has 1 rings (SSSR count). The van der Waals surface area contributed by atoms with Crippen LogP contribution in [0.5, 0.6) is 0 Å². The molecule has 0 aromatic heterocycles. The number of amides is 1. The molecule has 1 N–H and O–H groups in total. The summed E-state index contributed by atoms with van der Waals surface area (Å²) in [6, 6.07) is 3.66. The Kier molecular flexibility index (Phi) is 6.07. The number of ether oxygens (including phenoxy) is 1. The lowest BCUT2D eigenvalue weighted by atomic mass is 10.1. The zero-order valence-electron chi connectivity index (χ0n) is 11.6. The first-order valence-corrected chi connectivity index (χ1v) is 6.92. The van der Waals surface area contributed by atoms with Crippen molar-refractivity contribution in [1.82, 2.24) is 0 Å². The zero-order chi connectivity index (χ0) is 15.1. The summed E-state index contributed by atoms with van der Waals surface area (Å²) in [5.41, 5.74) is 2.40. The van der Waals surface area contributed by atoms with Gasteiger partial charge in [-0.3, -0.25) is 9.59 Å². The molecular weight excluding hydrogens is 276 g/mol. The van der Waals surface area contributed by atoms with Crippen molar-refractivity contribution in [2.24, 2.45) is 0 Å². The van der Waals surface area contributed by atoms with Gasteiger partial charge in [0.05, 0.1) is 0 Å². The number of hydrogen-bond donors (Lipinski definition) is 1. The number of hydrogen-bond acceptors (Lipinski definition) is 5. The van der Waals surface area contributed by atoms with Crippen LogP contribution in [0.25, 0.3) is 0 Å². The Bertz CT molecular complexity index is 541. The third-order valence-corrected chi connectivity index (χ3v) is 3.15. The van der Waals surface area contributed by atoms with Gasteiger partial charge in [-0.1, -0.05) is 6.92 Å². The summed E-state index contributed by atoms with van der Waals surface area (Å²) in [7, 11) is 0. The van der Waals surface area contributed by atoms with Crippen molar-refractivity contribution in [3.63, 3.8) is 0 Å². The minimum atomic E-state index is -0.408. The molecule has 0 radical (unpaired) electrons. The van der Waals surface area contributed by atoms with Gasteiger partial charge in [0.25, 0.3) is 5.91 Å². The number of rotatable bonds is 5. The first-order chi connectivity index (χ1) is 9.47. The second-order valence-corrected chi connectivity index (χ2v) is 5.05. The smallest absolute Gasteiger partial charge is 0.306 e. The fourth-order valence-corrected chi connectivity index (χ4v) is 2.23. The number of nitrogens with zero attached hydrogens (tertiary/aromatic N) is 1. The summed E-state index contributed by atoms with van der Waals surface area (Å²) in [4.78, 5) is 23.5. The Morgan fingerprint density at radius 3 is 2.45 bits per heavy atom. The molecule has 20 heavy (non-hydrogen) atoms. The van der Waals surface area contributed by atoms with Crippen LogP contribution < -0.4 is 5.32 Å². The number of benzene rings is 1. The normalized spacial score (nSPS) is 9.70. The van der Waals surface area contributed by atoms with E-state index in [1.807, 2.05) is 31.4 Å². The summed E-state index contributed by atoms with van der Waals surface area (Å²) < 4.78 is 4.77. The molecule has 0 spiro atoms. The van der Waals surface area contributed by atoms with Crippen molar-refractivity contribution in [1.29, 1.82) is 5.26 Å². The number of aryl methyl sites for hydroxylation is 2. The van der Waals surface area contributed by atoms with E-state index in [9.17, 15) is 9.59 Å². The maximum atomic E-state index is 11.7. The summed E-state index contributed by atoms with van der Waals surface area (Å²) in [6.07, 6.45) is 0.241. The minimum absolute atomic E-state index is 0.241. The first kappa shape index (κ1) is 16.1. The lowest BCUT2D eigenvalue weighted by Gasteiger charge is -2.13. The minimum Gasteiger partial charge on any atom is -0.456 e. The Morgan fingerprint density at radius 2 is 1.95 bits per heavy atom. The van der Waals surface area contributed by atoms with Gasteiger partial charge < -0.3 is 10.1 Å². The van der Waals surface area contributed by atoms with Crippen LogP contribution in [0.2, 0.25) is 0 Å². The number of thioether (sulfide) groups is 1. The third-order valence-electron chi connectivity index (χ3n) is 2.59. The predicted molar refractivity (Wildman–Crippen MR) is 77.3 cm³/mol. The van der Waals surface area contributed by atoms with E-state index in [4.69, 9.17) is 10.00 Å². The van der Waals surface area contributed by atoms with Gasteiger partial charge in [0.2, 0.25) is 0 Å². The summed E-state index contributed by atoms with van der Waals surface area (Å²) in [5.74, 6) is -0.784. The lowest BCUT2D eigenvalue weighted by Crippen LogP contribution is -2.21. The van der Waals surface area contributed by atoms with E-state index in [1.54, 1.807) is 6.92 Å². The number of carbonyl (C=O) groups excluding carboxylic acids is 2. The van der Waals surface area contributed by atoms with Crippen molar-refractivity contribution < 1.29 is 14.3 Å². The number of thiocyanates is 1. The first-order valence-electron chi connectivity index (χ1n) is 6.10. The molecule has 0 heterocycles. The summed E-state index contributed by atoms with van der Waals surface area (Å²) >= 11 is 1.07.